The van der Waals surface area contributed by atoms with Gasteiger partial charge in [0.1, 0.15) is 0 Å². The van der Waals surface area contributed by atoms with Crippen LogP contribution in [0.15, 0.2) is 24.3 Å². The van der Waals surface area contributed by atoms with Crippen LogP contribution in [-0.4, -0.2) is 25.7 Å². The van der Waals surface area contributed by atoms with Crippen LogP contribution in [0.4, 0.5) is 13.2 Å². The van der Waals surface area contributed by atoms with Gasteiger partial charge in [0.05, 0.1) is 17.1 Å². The van der Waals surface area contributed by atoms with Crippen molar-refractivity contribution in [1.29, 1.82) is 0 Å². The van der Waals surface area contributed by atoms with Gasteiger partial charge in [-0.3, -0.25) is 4.79 Å². The normalized spacial score (nSPS) is 21.9. The van der Waals surface area contributed by atoms with Crippen molar-refractivity contribution in [3.05, 3.63) is 35.4 Å². The Morgan fingerprint density at radius 1 is 1.30 bits per heavy atom. The largest absolute Gasteiger partial charge is 0.416 e. The highest BCUT2D eigenvalue weighted by molar-refractivity contribution is 7.91. The second-order valence-electron chi connectivity index (χ2n) is 4.97. The highest BCUT2D eigenvalue weighted by Crippen LogP contribution is 2.30. The van der Waals surface area contributed by atoms with Crippen LogP contribution >= 0.6 is 0 Å². The van der Waals surface area contributed by atoms with Crippen LogP contribution in [0, 0.1) is 5.92 Å². The molecule has 1 aromatic rings. The van der Waals surface area contributed by atoms with Crippen molar-refractivity contribution in [2.75, 3.05) is 11.5 Å². The summed E-state index contributed by atoms with van der Waals surface area (Å²) in [7, 11) is -3.09. The molecule has 1 aliphatic heterocycles. The number of Topliss-reactive ketones (excluding diaryl/α,β-unsaturated/α-hetero) is 1. The predicted molar refractivity (Wildman–Crippen MR) is 67.2 cm³/mol. The summed E-state index contributed by atoms with van der Waals surface area (Å²) in [5, 5.41) is 0. The molecule has 0 amide bonds. The zero-order valence-corrected chi connectivity index (χ0v) is 11.3. The number of halogens is 3. The molecular weight excluding hydrogens is 293 g/mol. The van der Waals surface area contributed by atoms with E-state index in [9.17, 15) is 26.4 Å². The lowest BCUT2D eigenvalue weighted by atomic mass is 9.97. The van der Waals surface area contributed by atoms with E-state index in [2.05, 4.69) is 0 Å². The molecular formula is C13H13F3O3S. The van der Waals surface area contributed by atoms with Crippen molar-refractivity contribution in [2.24, 2.45) is 5.92 Å². The molecule has 1 unspecified atom stereocenters. The fraction of sp³-hybridized carbons (Fsp3) is 0.462. The molecule has 0 aromatic heterocycles. The van der Waals surface area contributed by atoms with Gasteiger partial charge in [0, 0.05) is 12.0 Å². The molecule has 3 nitrogen and oxygen atoms in total. The van der Waals surface area contributed by atoms with Gasteiger partial charge in [-0.15, -0.1) is 0 Å². The number of rotatable bonds is 3. The average molecular weight is 306 g/mol. The summed E-state index contributed by atoms with van der Waals surface area (Å²) < 4.78 is 60.2. The van der Waals surface area contributed by atoms with Crippen molar-refractivity contribution in [3.63, 3.8) is 0 Å². The zero-order valence-electron chi connectivity index (χ0n) is 10.5. The number of carbonyl (C=O) groups excluding carboxylic acids is 1. The summed E-state index contributed by atoms with van der Waals surface area (Å²) in [6, 6.07) is 4.21. The van der Waals surface area contributed by atoms with E-state index in [1.165, 1.54) is 12.1 Å². The molecule has 2 rings (SSSR count). The standard InChI is InChI=1S/C13H13F3O3S/c14-13(15,16)11-3-1-2-10(7-11)12(17)6-9-4-5-20(18,19)8-9/h1-3,7,9H,4-6,8H2. The Morgan fingerprint density at radius 3 is 2.55 bits per heavy atom. The minimum atomic E-state index is -4.49. The number of alkyl halides is 3. The van der Waals surface area contributed by atoms with E-state index in [1.54, 1.807) is 0 Å². The first-order valence-corrected chi connectivity index (χ1v) is 7.90. The molecule has 1 heterocycles. The van der Waals surface area contributed by atoms with Gasteiger partial charge in [-0.25, -0.2) is 8.42 Å². The van der Waals surface area contributed by atoms with Crippen molar-refractivity contribution in [2.45, 2.75) is 19.0 Å². The van der Waals surface area contributed by atoms with Gasteiger partial charge in [-0.05, 0) is 24.5 Å². The molecule has 0 saturated carbocycles. The topological polar surface area (TPSA) is 51.2 Å². The number of ketones is 1. The first-order chi connectivity index (χ1) is 9.17. The van der Waals surface area contributed by atoms with Crippen LogP contribution < -0.4 is 0 Å². The maximum atomic E-state index is 12.5. The molecule has 7 heteroatoms. The Balaban J connectivity index is 2.10. The SMILES string of the molecule is O=C(CC1CCS(=O)(=O)C1)c1cccc(C(F)(F)F)c1. The maximum Gasteiger partial charge on any atom is 0.416 e. The van der Waals surface area contributed by atoms with Crippen LogP contribution in [0.2, 0.25) is 0 Å². The van der Waals surface area contributed by atoms with Gasteiger partial charge >= 0.3 is 6.18 Å². The Hall–Kier alpha value is -1.37. The van der Waals surface area contributed by atoms with E-state index in [4.69, 9.17) is 0 Å². The van der Waals surface area contributed by atoms with Crippen molar-refractivity contribution < 1.29 is 26.4 Å². The molecule has 1 fully saturated rings. The summed E-state index contributed by atoms with van der Waals surface area (Å²) in [5.74, 6) is -0.745. The van der Waals surface area contributed by atoms with Crippen molar-refractivity contribution in [3.8, 4) is 0 Å². The number of benzene rings is 1. The number of carbonyl (C=O) groups is 1. The minimum absolute atomic E-state index is 0.0240. The predicted octanol–water partition coefficient (Wildman–Crippen LogP) is 2.71. The minimum Gasteiger partial charge on any atom is -0.294 e. The molecule has 0 bridgehead atoms. The molecule has 1 saturated heterocycles. The van der Waals surface area contributed by atoms with Gasteiger partial charge in [-0.1, -0.05) is 12.1 Å². The molecule has 0 radical (unpaired) electrons. The Morgan fingerprint density at radius 2 is 2.00 bits per heavy atom. The van der Waals surface area contributed by atoms with E-state index >= 15 is 0 Å². The Kier molecular flexibility index (Phi) is 3.90. The van der Waals surface area contributed by atoms with Crippen LogP contribution in [0.3, 0.4) is 0 Å². The monoisotopic (exact) mass is 306 g/mol. The van der Waals surface area contributed by atoms with Crippen LogP contribution in [0.5, 0.6) is 0 Å². The zero-order chi connectivity index (χ0) is 15.0. The Bertz CT molecular complexity index is 620. The molecule has 1 atom stereocenters. The van der Waals surface area contributed by atoms with E-state index in [1.807, 2.05) is 0 Å². The van der Waals surface area contributed by atoms with Gasteiger partial charge in [0.25, 0.3) is 0 Å². The van der Waals surface area contributed by atoms with Crippen molar-refractivity contribution in [1.82, 2.24) is 0 Å². The Labute approximate surface area is 114 Å². The summed E-state index contributed by atoms with van der Waals surface area (Å²) in [5.41, 5.74) is -0.897. The highest BCUT2D eigenvalue weighted by Gasteiger charge is 2.32. The molecule has 20 heavy (non-hydrogen) atoms. The van der Waals surface area contributed by atoms with Crippen LogP contribution in [0.25, 0.3) is 0 Å². The van der Waals surface area contributed by atoms with Gasteiger partial charge < -0.3 is 0 Å². The van der Waals surface area contributed by atoms with E-state index in [0.29, 0.717) is 6.42 Å². The third-order valence-electron chi connectivity index (χ3n) is 3.31. The molecule has 1 aliphatic rings. The van der Waals surface area contributed by atoms with Crippen LogP contribution in [0.1, 0.15) is 28.8 Å². The highest BCUT2D eigenvalue weighted by atomic mass is 32.2. The van der Waals surface area contributed by atoms with Gasteiger partial charge in [0.2, 0.25) is 0 Å². The van der Waals surface area contributed by atoms with E-state index in [0.717, 1.165) is 12.1 Å². The third kappa shape index (κ3) is 3.59. The fourth-order valence-electron chi connectivity index (χ4n) is 2.28. The third-order valence-corrected chi connectivity index (χ3v) is 5.15. The van der Waals surface area contributed by atoms with Crippen molar-refractivity contribution >= 4 is 15.6 Å². The fourth-order valence-corrected chi connectivity index (χ4v) is 4.14. The van der Waals surface area contributed by atoms with Gasteiger partial charge in [0.15, 0.2) is 15.6 Å². The van der Waals surface area contributed by atoms with Crippen LogP contribution in [-0.2, 0) is 16.0 Å². The summed E-state index contributed by atoms with van der Waals surface area (Å²) in [4.78, 5) is 11.9. The number of sulfone groups is 1. The summed E-state index contributed by atoms with van der Waals surface area (Å²) in [6.07, 6.45) is -4.12. The number of hydrogen-bond acceptors (Lipinski definition) is 3. The van der Waals surface area contributed by atoms with Gasteiger partial charge in [-0.2, -0.15) is 13.2 Å². The molecule has 110 valence electrons. The molecule has 1 aromatic carbocycles. The molecule has 0 spiro atoms. The number of hydrogen-bond donors (Lipinski definition) is 0. The summed E-state index contributed by atoms with van der Waals surface area (Å²) >= 11 is 0. The lowest BCUT2D eigenvalue weighted by Crippen LogP contribution is -2.12. The summed E-state index contributed by atoms with van der Waals surface area (Å²) in [6.45, 7) is 0. The molecule has 0 N–H and O–H groups in total. The first kappa shape index (κ1) is 15.0. The smallest absolute Gasteiger partial charge is 0.294 e. The lowest BCUT2D eigenvalue weighted by Gasteiger charge is -2.10. The first-order valence-electron chi connectivity index (χ1n) is 6.08. The van der Waals surface area contributed by atoms with E-state index in [-0.39, 0.29) is 29.4 Å². The maximum absolute atomic E-state index is 12.5. The molecule has 0 aliphatic carbocycles. The quantitative estimate of drug-likeness (QED) is 0.807. The lowest BCUT2D eigenvalue weighted by molar-refractivity contribution is -0.137. The average Bonchev–Trinajstić information content (AvgIpc) is 2.68. The second-order valence-corrected chi connectivity index (χ2v) is 7.20. The van der Waals surface area contributed by atoms with E-state index < -0.39 is 27.4 Å². The second kappa shape index (κ2) is 5.20.